The molecule has 4 nitrogen and oxygen atoms in total. The smallest absolute Gasteiger partial charge is 0.297 e. The van der Waals surface area contributed by atoms with Crippen LogP contribution in [0.1, 0.15) is 50.0 Å². The molecule has 0 bridgehead atoms. The summed E-state index contributed by atoms with van der Waals surface area (Å²) in [5, 5.41) is 0.247. The first-order chi connectivity index (χ1) is 9.56. The molecule has 0 atom stereocenters. The lowest BCUT2D eigenvalue weighted by Crippen LogP contribution is -2.40. The SMILES string of the molecule is CSC1(Cn2c(=O)[nH]c(Cl)c(C3CCCC3)c2=O)CC1. The molecule has 2 saturated carbocycles. The van der Waals surface area contributed by atoms with Gasteiger partial charge in [0.25, 0.3) is 5.56 Å². The highest BCUT2D eigenvalue weighted by molar-refractivity contribution is 8.00. The summed E-state index contributed by atoms with van der Waals surface area (Å²) in [6.07, 6.45) is 8.44. The van der Waals surface area contributed by atoms with Crippen molar-refractivity contribution in [1.29, 1.82) is 0 Å². The van der Waals surface area contributed by atoms with Gasteiger partial charge in [0.2, 0.25) is 0 Å². The maximum atomic E-state index is 12.7. The van der Waals surface area contributed by atoms with Gasteiger partial charge in [0.15, 0.2) is 0 Å². The first-order valence-electron chi connectivity index (χ1n) is 7.14. The second kappa shape index (κ2) is 5.26. The fourth-order valence-corrected chi connectivity index (χ4v) is 4.21. The van der Waals surface area contributed by atoms with Crippen LogP contribution >= 0.6 is 23.4 Å². The fourth-order valence-electron chi connectivity index (χ4n) is 3.13. The summed E-state index contributed by atoms with van der Waals surface area (Å²) in [4.78, 5) is 27.4. The van der Waals surface area contributed by atoms with Crippen molar-refractivity contribution < 1.29 is 0 Å². The lowest BCUT2D eigenvalue weighted by molar-refractivity contribution is 0.579. The largest absolute Gasteiger partial charge is 0.329 e. The molecule has 20 heavy (non-hydrogen) atoms. The van der Waals surface area contributed by atoms with Gasteiger partial charge in [0.1, 0.15) is 5.15 Å². The Balaban J connectivity index is 2.03. The van der Waals surface area contributed by atoms with Gasteiger partial charge in [-0.05, 0) is 37.9 Å². The predicted molar refractivity (Wildman–Crippen MR) is 83.0 cm³/mol. The quantitative estimate of drug-likeness (QED) is 0.869. The first kappa shape index (κ1) is 14.3. The number of nitrogens with zero attached hydrogens (tertiary/aromatic N) is 1. The fraction of sp³-hybridized carbons (Fsp3) is 0.714. The van der Waals surface area contributed by atoms with Crippen LogP contribution in [-0.4, -0.2) is 20.6 Å². The van der Waals surface area contributed by atoms with E-state index in [0.29, 0.717) is 12.1 Å². The number of H-pyrrole nitrogens is 1. The van der Waals surface area contributed by atoms with E-state index in [0.717, 1.165) is 38.5 Å². The molecule has 0 amide bonds. The molecule has 3 rings (SSSR count). The number of hydrogen-bond donors (Lipinski definition) is 1. The Hall–Kier alpha value is -0.680. The van der Waals surface area contributed by atoms with Crippen molar-refractivity contribution in [3.05, 3.63) is 31.6 Å². The topological polar surface area (TPSA) is 54.9 Å². The zero-order valence-corrected chi connectivity index (χ0v) is 13.1. The Morgan fingerprint density at radius 3 is 2.55 bits per heavy atom. The van der Waals surface area contributed by atoms with Gasteiger partial charge in [-0.3, -0.25) is 14.3 Å². The van der Waals surface area contributed by atoms with Crippen LogP contribution in [0.5, 0.6) is 0 Å². The van der Waals surface area contributed by atoms with E-state index in [1.54, 1.807) is 11.8 Å². The molecule has 2 aliphatic carbocycles. The lowest BCUT2D eigenvalue weighted by atomic mass is 10.0. The molecule has 2 fully saturated rings. The summed E-state index contributed by atoms with van der Waals surface area (Å²) in [5.74, 6) is 0.211. The van der Waals surface area contributed by atoms with E-state index in [2.05, 4.69) is 4.98 Å². The Labute approximate surface area is 126 Å². The van der Waals surface area contributed by atoms with Crippen LogP contribution in [0.2, 0.25) is 5.15 Å². The van der Waals surface area contributed by atoms with Crippen molar-refractivity contribution in [2.75, 3.05) is 6.26 Å². The molecule has 0 unspecified atom stereocenters. The molecule has 2 aliphatic rings. The van der Waals surface area contributed by atoms with Gasteiger partial charge in [-0.15, -0.1) is 0 Å². The van der Waals surface area contributed by atoms with Crippen molar-refractivity contribution in [3.63, 3.8) is 0 Å². The third-order valence-electron chi connectivity index (χ3n) is 4.62. The minimum Gasteiger partial charge on any atom is -0.297 e. The average Bonchev–Trinajstić information content (AvgIpc) is 3.00. The monoisotopic (exact) mass is 314 g/mol. The van der Waals surface area contributed by atoms with E-state index in [1.807, 2.05) is 6.26 Å². The number of hydrogen-bond acceptors (Lipinski definition) is 3. The standard InChI is InChI=1S/C14H19ClN2O2S/c1-20-14(6-7-14)8-17-12(18)10(9-4-2-3-5-9)11(15)16-13(17)19/h9H,2-8H2,1H3,(H,16,19). The molecule has 6 heteroatoms. The molecule has 1 aromatic rings. The second-order valence-electron chi connectivity index (χ2n) is 5.92. The molecular formula is C14H19ClN2O2S. The minimum atomic E-state index is -0.373. The Bertz CT molecular complexity index is 627. The van der Waals surface area contributed by atoms with E-state index < -0.39 is 0 Å². The molecule has 1 aromatic heterocycles. The van der Waals surface area contributed by atoms with E-state index >= 15 is 0 Å². The van der Waals surface area contributed by atoms with Gasteiger partial charge in [0.05, 0.1) is 5.56 Å². The minimum absolute atomic E-state index is 0.0810. The summed E-state index contributed by atoms with van der Waals surface area (Å²) < 4.78 is 1.45. The zero-order valence-electron chi connectivity index (χ0n) is 11.6. The number of halogens is 1. The Morgan fingerprint density at radius 2 is 2.00 bits per heavy atom. The number of aromatic amines is 1. The highest BCUT2D eigenvalue weighted by Crippen LogP contribution is 2.48. The van der Waals surface area contributed by atoms with Crippen LogP contribution < -0.4 is 11.2 Å². The van der Waals surface area contributed by atoms with Crippen molar-refractivity contribution in [1.82, 2.24) is 9.55 Å². The Kier molecular flexibility index (Phi) is 3.75. The van der Waals surface area contributed by atoms with Gasteiger partial charge < -0.3 is 0 Å². The number of nitrogens with one attached hydrogen (secondary N) is 1. The van der Waals surface area contributed by atoms with Gasteiger partial charge in [0, 0.05) is 11.3 Å². The van der Waals surface area contributed by atoms with Gasteiger partial charge in [-0.1, -0.05) is 24.4 Å². The van der Waals surface area contributed by atoms with Crippen molar-refractivity contribution in [3.8, 4) is 0 Å². The number of rotatable bonds is 4. The van der Waals surface area contributed by atoms with Crippen molar-refractivity contribution in [2.45, 2.75) is 55.7 Å². The summed E-state index contributed by atoms with van der Waals surface area (Å²) in [5.41, 5.74) is 0.0775. The van der Waals surface area contributed by atoms with Gasteiger partial charge in [-0.2, -0.15) is 11.8 Å². The normalized spacial score (nSPS) is 21.3. The third-order valence-corrected chi connectivity index (χ3v) is 6.33. The highest BCUT2D eigenvalue weighted by atomic mass is 35.5. The highest BCUT2D eigenvalue weighted by Gasteiger charge is 2.43. The first-order valence-corrected chi connectivity index (χ1v) is 8.74. The maximum Gasteiger partial charge on any atom is 0.329 e. The molecular weight excluding hydrogens is 296 g/mol. The molecule has 0 spiro atoms. The van der Waals surface area contributed by atoms with Crippen LogP contribution in [0.15, 0.2) is 9.59 Å². The van der Waals surface area contributed by atoms with E-state index in [4.69, 9.17) is 11.6 Å². The zero-order chi connectivity index (χ0) is 14.3. The van der Waals surface area contributed by atoms with E-state index in [-0.39, 0.29) is 27.1 Å². The van der Waals surface area contributed by atoms with Crippen LogP contribution in [0, 0.1) is 0 Å². The van der Waals surface area contributed by atoms with E-state index in [9.17, 15) is 9.59 Å². The number of aromatic nitrogens is 2. The third kappa shape index (κ3) is 2.46. The van der Waals surface area contributed by atoms with Gasteiger partial charge in [-0.25, -0.2) is 4.79 Å². The molecule has 1 N–H and O–H groups in total. The molecule has 0 aliphatic heterocycles. The molecule has 1 heterocycles. The van der Waals surface area contributed by atoms with E-state index in [1.165, 1.54) is 4.57 Å². The van der Waals surface area contributed by atoms with Crippen LogP contribution in [-0.2, 0) is 6.54 Å². The molecule has 0 saturated heterocycles. The van der Waals surface area contributed by atoms with Crippen LogP contribution in [0.4, 0.5) is 0 Å². The summed E-state index contributed by atoms with van der Waals surface area (Å²) in [6, 6.07) is 0. The average molecular weight is 315 g/mol. The number of thioether (sulfide) groups is 1. The van der Waals surface area contributed by atoms with Crippen LogP contribution in [0.25, 0.3) is 0 Å². The van der Waals surface area contributed by atoms with Crippen molar-refractivity contribution >= 4 is 23.4 Å². The van der Waals surface area contributed by atoms with Crippen LogP contribution in [0.3, 0.4) is 0 Å². The van der Waals surface area contributed by atoms with Gasteiger partial charge >= 0.3 is 5.69 Å². The second-order valence-corrected chi connectivity index (χ2v) is 7.57. The van der Waals surface area contributed by atoms with Crippen molar-refractivity contribution in [2.24, 2.45) is 0 Å². The summed E-state index contributed by atoms with van der Waals surface area (Å²) in [7, 11) is 0. The summed E-state index contributed by atoms with van der Waals surface area (Å²) in [6.45, 7) is 0.499. The molecule has 110 valence electrons. The molecule has 0 aromatic carbocycles. The Morgan fingerprint density at radius 1 is 1.35 bits per heavy atom. The molecule has 0 radical (unpaired) electrons. The maximum absolute atomic E-state index is 12.7. The summed E-state index contributed by atoms with van der Waals surface area (Å²) >= 11 is 7.88. The lowest BCUT2D eigenvalue weighted by Gasteiger charge is -2.17. The predicted octanol–water partition coefficient (Wildman–Crippen LogP) is 2.74.